The summed E-state index contributed by atoms with van der Waals surface area (Å²) in [7, 11) is 0. The van der Waals surface area contributed by atoms with Gasteiger partial charge in [0, 0.05) is 5.92 Å². The van der Waals surface area contributed by atoms with Gasteiger partial charge in [0.25, 0.3) is 0 Å². The fourth-order valence-corrected chi connectivity index (χ4v) is 3.01. The van der Waals surface area contributed by atoms with Crippen LogP contribution in [0.3, 0.4) is 0 Å². The highest BCUT2D eigenvalue weighted by Gasteiger charge is 2.47. The molecule has 2 N–H and O–H groups in total. The first-order valence-corrected chi connectivity index (χ1v) is 7.06. The van der Waals surface area contributed by atoms with Crippen LogP contribution in [0.5, 0.6) is 0 Å². The van der Waals surface area contributed by atoms with Gasteiger partial charge < -0.3 is 10.2 Å². The van der Waals surface area contributed by atoms with E-state index in [2.05, 4.69) is 18.1 Å². The first-order chi connectivity index (χ1) is 8.92. The lowest BCUT2D eigenvalue weighted by atomic mass is 9.81. The van der Waals surface area contributed by atoms with Crippen LogP contribution < -0.4 is 0 Å². The summed E-state index contributed by atoms with van der Waals surface area (Å²) in [6.45, 7) is 10.9. The highest BCUT2D eigenvalue weighted by molar-refractivity contribution is 6.43. The Morgan fingerprint density at radius 1 is 1.37 bits per heavy atom. The van der Waals surface area contributed by atoms with Crippen molar-refractivity contribution >= 4 is 23.2 Å². The highest BCUT2D eigenvalue weighted by Crippen LogP contribution is 2.39. The molecule has 0 aromatic rings. The Kier molecular flexibility index (Phi) is 6.09. The van der Waals surface area contributed by atoms with Gasteiger partial charge in [0.05, 0.1) is 28.8 Å². The van der Waals surface area contributed by atoms with Crippen molar-refractivity contribution in [3.05, 3.63) is 34.9 Å². The Morgan fingerprint density at radius 2 is 1.95 bits per heavy atom. The molecule has 0 radical (unpaired) electrons. The Labute approximate surface area is 124 Å². The topological polar surface area (TPSA) is 43.7 Å². The van der Waals surface area contributed by atoms with E-state index in [1.807, 2.05) is 6.92 Å². The van der Waals surface area contributed by atoms with Gasteiger partial charge in [-0.2, -0.15) is 0 Å². The van der Waals surface area contributed by atoms with E-state index in [1.54, 1.807) is 6.08 Å². The van der Waals surface area contributed by atoms with Crippen molar-refractivity contribution in [3.8, 4) is 0 Å². The number of aliphatic hydroxyl groups excluding tert-OH is 2. The van der Waals surface area contributed by atoms with E-state index in [9.17, 15) is 10.2 Å². The van der Waals surface area contributed by atoms with Crippen molar-refractivity contribution in [1.29, 1.82) is 0 Å². The van der Waals surface area contributed by atoms with Gasteiger partial charge >= 0.3 is 0 Å². The van der Waals surface area contributed by atoms with Gasteiger partial charge in [0.2, 0.25) is 0 Å². The van der Waals surface area contributed by atoms with Gasteiger partial charge in [-0.05, 0) is 31.2 Å². The molecule has 3 nitrogen and oxygen atoms in total. The van der Waals surface area contributed by atoms with E-state index >= 15 is 0 Å². The Morgan fingerprint density at radius 3 is 2.37 bits per heavy atom. The molecular weight excluding hydrogens is 285 g/mol. The molecule has 0 spiro atoms. The molecule has 1 saturated heterocycles. The maximum absolute atomic E-state index is 9.74. The summed E-state index contributed by atoms with van der Waals surface area (Å²) in [6, 6.07) is 0. The van der Waals surface area contributed by atoms with E-state index in [-0.39, 0.29) is 24.2 Å². The second-order valence-corrected chi connectivity index (χ2v) is 5.68. The Balaban J connectivity index is 3.02. The van der Waals surface area contributed by atoms with Crippen LogP contribution in [0.2, 0.25) is 0 Å². The van der Waals surface area contributed by atoms with Crippen LogP contribution in [0, 0.1) is 5.92 Å². The quantitative estimate of drug-likeness (QED) is 0.741. The molecule has 1 fully saturated rings. The molecular formula is C14H21Cl2NO2. The summed E-state index contributed by atoms with van der Waals surface area (Å²) in [5.74, 6) is -0.0489. The number of rotatable bonds is 6. The van der Waals surface area contributed by atoms with Crippen molar-refractivity contribution in [2.24, 2.45) is 5.92 Å². The highest BCUT2D eigenvalue weighted by atomic mass is 35.5. The summed E-state index contributed by atoms with van der Waals surface area (Å²) in [5, 5.41) is 20.1. The van der Waals surface area contributed by atoms with Crippen molar-refractivity contribution in [3.63, 3.8) is 0 Å². The van der Waals surface area contributed by atoms with Gasteiger partial charge in [-0.25, -0.2) is 0 Å². The van der Waals surface area contributed by atoms with Gasteiger partial charge in [-0.1, -0.05) is 43.3 Å². The van der Waals surface area contributed by atoms with E-state index in [1.165, 1.54) is 0 Å². The van der Waals surface area contributed by atoms with Gasteiger partial charge in [0.15, 0.2) is 0 Å². The number of halogens is 2. The number of likely N-dealkylation sites (N-methyl/N-ethyl adjacent to an activating group) is 1. The van der Waals surface area contributed by atoms with E-state index < -0.39 is 5.54 Å². The molecule has 0 aromatic heterocycles. The molecule has 0 aromatic carbocycles. The third-order valence-corrected chi connectivity index (χ3v) is 4.55. The molecule has 0 aliphatic carbocycles. The summed E-state index contributed by atoms with van der Waals surface area (Å²) in [6.07, 6.45) is 2.49. The maximum Gasteiger partial charge on any atom is 0.0742 e. The van der Waals surface area contributed by atoms with Crippen LogP contribution in [0.1, 0.15) is 13.3 Å². The van der Waals surface area contributed by atoms with Crippen LogP contribution in [0.4, 0.5) is 0 Å². The molecule has 1 aliphatic rings. The molecule has 1 unspecified atom stereocenters. The molecule has 1 aliphatic heterocycles. The Bertz CT molecular complexity index is 389. The van der Waals surface area contributed by atoms with Gasteiger partial charge in [-0.15, -0.1) is 0 Å². The zero-order chi connectivity index (χ0) is 14.6. The minimum absolute atomic E-state index is 0.0489. The first-order valence-electron chi connectivity index (χ1n) is 6.30. The average Bonchev–Trinajstić information content (AvgIpc) is 2.77. The summed E-state index contributed by atoms with van der Waals surface area (Å²) < 4.78 is 0. The van der Waals surface area contributed by atoms with Crippen LogP contribution in [-0.2, 0) is 0 Å². The van der Waals surface area contributed by atoms with E-state index in [0.29, 0.717) is 5.03 Å². The molecule has 0 saturated carbocycles. The first kappa shape index (κ1) is 16.7. The molecule has 1 rings (SSSR count). The van der Waals surface area contributed by atoms with Gasteiger partial charge in [-0.3, -0.25) is 4.90 Å². The number of hydrogen-bond donors (Lipinski definition) is 2. The lowest BCUT2D eigenvalue weighted by Gasteiger charge is -2.39. The second-order valence-electron chi connectivity index (χ2n) is 4.81. The molecule has 19 heavy (non-hydrogen) atoms. The lowest BCUT2D eigenvalue weighted by Crippen LogP contribution is -2.54. The SMILES string of the molecule is C=C(Cl)/C(Cl)=C\C(=C)C1CCN(CC)C1(CO)CO. The number of hydrogen-bond acceptors (Lipinski definition) is 3. The minimum Gasteiger partial charge on any atom is -0.394 e. The van der Waals surface area contributed by atoms with Crippen molar-refractivity contribution < 1.29 is 10.2 Å². The van der Waals surface area contributed by atoms with E-state index in [4.69, 9.17) is 23.2 Å². The third kappa shape index (κ3) is 3.23. The predicted molar refractivity (Wildman–Crippen MR) is 80.3 cm³/mol. The number of likely N-dealkylation sites (tertiary alicyclic amines) is 1. The average molecular weight is 306 g/mol. The largest absolute Gasteiger partial charge is 0.394 e. The number of allylic oxidation sites excluding steroid dienone is 3. The molecule has 108 valence electrons. The van der Waals surface area contributed by atoms with Crippen molar-refractivity contribution in [1.82, 2.24) is 4.90 Å². The number of nitrogens with zero attached hydrogens (tertiary/aromatic N) is 1. The standard InChI is InChI=1S/C14H21Cl2NO2/c1-4-17-6-5-12(14(17,8-18)9-19)10(2)7-13(16)11(3)15/h7,12,18-19H,2-6,8-9H2,1H3/b13-7+. The molecule has 5 heteroatoms. The fraction of sp³-hybridized carbons (Fsp3) is 0.571. The number of aliphatic hydroxyl groups is 2. The normalized spacial score (nSPS) is 23.6. The van der Waals surface area contributed by atoms with Crippen LogP contribution in [0.15, 0.2) is 34.9 Å². The maximum atomic E-state index is 9.74. The fourth-order valence-electron chi connectivity index (χ4n) is 2.81. The smallest absolute Gasteiger partial charge is 0.0742 e. The second kappa shape index (κ2) is 6.91. The Hall–Kier alpha value is -0.320. The molecule has 1 heterocycles. The van der Waals surface area contributed by atoms with Crippen LogP contribution in [-0.4, -0.2) is 47.0 Å². The van der Waals surface area contributed by atoms with Crippen LogP contribution in [0.25, 0.3) is 0 Å². The summed E-state index contributed by atoms with van der Waals surface area (Å²) in [5.41, 5.74) is 0.0820. The molecule has 1 atom stereocenters. The predicted octanol–water partition coefficient (Wildman–Crippen LogP) is 2.48. The third-order valence-electron chi connectivity index (χ3n) is 3.91. The van der Waals surface area contributed by atoms with Gasteiger partial charge in [0.1, 0.15) is 0 Å². The summed E-state index contributed by atoms with van der Waals surface area (Å²) >= 11 is 11.7. The monoisotopic (exact) mass is 305 g/mol. The minimum atomic E-state index is -0.673. The van der Waals surface area contributed by atoms with Crippen LogP contribution >= 0.6 is 23.2 Å². The lowest BCUT2D eigenvalue weighted by molar-refractivity contribution is -0.0000839. The van der Waals surface area contributed by atoms with E-state index in [0.717, 1.165) is 25.1 Å². The molecule has 0 amide bonds. The van der Waals surface area contributed by atoms with Crippen molar-refractivity contribution in [2.45, 2.75) is 18.9 Å². The zero-order valence-electron chi connectivity index (χ0n) is 11.2. The molecule has 0 bridgehead atoms. The van der Waals surface area contributed by atoms with Crippen molar-refractivity contribution in [2.75, 3.05) is 26.3 Å². The summed E-state index contributed by atoms with van der Waals surface area (Å²) in [4.78, 5) is 2.08. The zero-order valence-corrected chi connectivity index (χ0v) is 12.7.